The predicted octanol–water partition coefficient (Wildman–Crippen LogP) is 3.44. The van der Waals surface area contributed by atoms with E-state index >= 15 is 0 Å². The fourth-order valence-corrected chi connectivity index (χ4v) is 1.03. The highest BCUT2D eigenvalue weighted by Gasteiger charge is 2.78. The minimum Gasteiger partial charge on any atom is -0.233 e. The quantitative estimate of drug-likeness (QED) is 0.461. The molecule has 1 atom stereocenters. The molecule has 0 fully saturated rings. The second-order valence-electron chi connectivity index (χ2n) is 3.19. The van der Waals surface area contributed by atoms with E-state index in [0.29, 0.717) is 0 Å². The van der Waals surface area contributed by atoms with E-state index in [1.165, 1.54) is 0 Å². The Labute approximate surface area is 82.7 Å². The molecular weight excluding hydrogens is 255 g/mol. The Morgan fingerprint density at radius 3 is 1.62 bits per heavy atom. The number of rotatable bonds is 0. The van der Waals surface area contributed by atoms with E-state index in [1.807, 2.05) is 0 Å². The average molecular weight is 258 g/mol. The summed E-state index contributed by atoms with van der Waals surface area (Å²) in [5.41, 5.74) is 0. The van der Waals surface area contributed by atoms with Crippen molar-refractivity contribution in [1.29, 1.82) is 0 Å². The highest BCUT2D eigenvalue weighted by Crippen LogP contribution is 2.53. The Hall–Kier alpha value is -0.890. The third-order valence-corrected chi connectivity index (χ3v) is 2.01. The van der Waals surface area contributed by atoms with Crippen LogP contribution in [0.3, 0.4) is 0 Å². The Morgan fingerprint density at radius 2 is 1.19 bits per heavy atom. The van der Waals surface area contributed by atoms with Gasteiger partial charge < -0.3 is 0 Å². The minimum atomic E-state index is -6.23. The number of alkyl halides is 9. The molecule has 0 bridgehead atoms. The SMILES string of the molecule is FC1C(F)(F)C=CC(F)(F)C(F)(F)C1(F)F. The van der Waals surface area contributed by atoms with Crippen LogP contribution in [0.4, 0.5) is 39.5 Å². The van der Waals surface area contributed by atoms with E-state index in [-0.39, 0.29) is 0 Å². The van der Waals surface area contributed by atoms with Crippen LogP contribution in [0.1, 0.15) is 0 Å². The Morgan fingerprint density at radius 1 is 0.750 bits per heavy atom. The van der Waals surface area contributed by atoms with Gasteiger partial charge in [0.05, 0.1) is 0 Å². The first-order chi connectivity index (χ1) is 6.86. The zero-order chi connectivity index (χ0) is 13.0. The van der Waals surface area contributed by atoms with Crippen LogP contribution in [0.2, 0.25) is 0 Å². The molecule has 1 aliphatic rings. The van der Waals surface area contributed by atoms with Crippen LogP contribution in [0, 0.1) is 0 Å². The van der Waals surface area contributed by atoms with Gasteiger partial charge in [0.2, 0.25) is 6.17 Å². The highest BCUT2D eigenvalue weighted by atomic mass is 19.4. The molecule has 0 heterocycles. The van der Waals surface area contributed by atoms with Crippen LogP contribution in [-0.4, -0.2) is 29.9 Å². The van der Waals surface area contributed by atoms with Crippen molar-refractivity contribution in [2.75, 3.05) is 0 Å². The summed E-state index contributed by atoms with van der Waals surface area (Å²) in [4.78, 5) is 0. The van der Waals surface area contributed by atoms with Crippen LogP contribution in [-0.2, 0) is 0 Å². The van der Waals surface area contributed by atoms with Crippen LogP contribution < -0.4 is 0 Å². The molecule has 1 aliphatic carbocycles. The largest absolute Gasteiger partial charge is 0.378 e. The summed E-state index contributed by atoms with van der Waals surface area (Å²) in [5, 5.41) is 0. The van der Waals surface area contributed by atoms with Gasteiger partial charge in [0, 0.05) is 0 Å². The fourth-order valence-electron chi connectivity index (χ4n) is 1.03. The summed E-state index contributed by atoms with van der Waals surface area (Å²) in [6, 6.07) is 0. The summed E-state index contributed by atoms with van der Waals surface area (Å²) in [5.74, 6) is -23.0. The monoisotopic (exact) mass is 258 g/mol. The molecule has 1 rings (SSSR count). The predicted molar refractivity (Wildman–Crippen MR) is 33.8 cm³/mol. The summed E-state index contributed by atoms with van der Waals surface area (Å²) >= 11 is 0. The van der Waals surface area contributed by atoms with Gasteiger partial charge in [-0.25, -0.2) is 4.39 Å². The van der Waals surface area contributed by atoms with E-state index in [0.717, 1.165) is 0 Å². The zero-order valence-electron chi connectivity index (χ0n) is 7.13. The zero-order valence-corrected chi connectivity index (χ0v) is 7.13. The van der Waals surface area contributed by atoms with Crippen LogP contribution >= 0.6 is 0 Å². The molecule has 16 heavy (non-hydrogen) atoms. The molecular formula is C7H3F9. The number of allylic oxidation sites excluding steroid dienone is 2. The van der Waals surface area contributed by atoms with Crippen molar-refractivity contribution in [3.05, 3.63) is 12.2 Å². The molecule has 9 heteroatoms. The van der Waals surface area contributed by atoms with Gasteiger partial charge in [-0.15, -0.1) is 0 Å². The third-order valence-electron chi connectivity index (χ3n) is 2.01. The molecule has 0 aromatic carbocycles. The van der Waals surface area contributed by atoms with Crippen LogP contribution in [0.25, 0.3) is 0 Å². The van der Waals surface area contributed by atoms with E-state index in [1.54, 1.807) is 0 Å². The van der Waals surface area contributed by atoms with Crippen molar-refractivity contribution in [1.82, 2.24) is 0 Å². The molecule has 0 amide bonds. The first kappa shape index (κ1) is 13.2. The van der Waals surface area contributed by atoms with Gasteiger partial charge >= 0.3 is 23.7 Å². The summed E-state index contributed by atoms with van der Waals surface area (Å²) in [6.07, 6.45) is -6.81. The van der Waals surface area contributed by atoms with Gasteiger partial charge in [-0.05, 0) is 12.2 Å². The third kappa shape index (κ3) is 1.47. The van der Waals surface area contributed by atoms with E-state index < -0.39 is 42.0 Å². The molecule has 0 aliphatic heterocycles. The average Bonchev–Trinajstić information content (AvgIpc) is 2.14. The van der Waals surface area contributed by atoms with E-state index in [2.05, 4.69) is 0 Å². The normalized spacial score (nSPS) is 34.4. The molecule has 0 aromatic heterocycles. The maximum atomic E-state index is 12.5. The first-order valence-corrected chi connectivity index (χ1v) is 3.72. The van der Waals surface area contributed by atoms with Crippen molar-refractivity contribution in [3.63, 3.8) is 0 Å². The Balaban J connectivity index is 3.41. The lowest BCUT2D eigenvalue weighted by molar-refractivity contribution is -0.320. The van der Waals surface area contributed by atoms with Gasteiger partial charge in [0.1, 0.15) is 0 Å². The van der Waals surface area contributed by atoms with Gasteiger partial charge in [0.25, 0.3) is 0 Å². The van der Waals surface area contributed by atoms with Crippen molar-refractivity contribution >= 4 is 0 Å². The Bertz CT molecular complexity index is 316. The number of hydrogen-bond acceptors (Lipinski definition) is 0. The molecule has 0 spiro atoms. The van der Waals surface area contributed by atoms with Crippen molar-refractivity contribution < 1.29 is 39.5 Å². The van der Waals surface area contributed by atoms with Gasteiger partial charge in [-0.1, -0.05) is 0 Å². The van der Waals surface area contributed by atoms with Crippen molar-refractivity contribution in [2.45, 2.75) is 29.9 Å². The van der Waals surface area contributed by atoms with Crippen LogP contribution in [0.15, 0.2) is 12.2 Å². The van der Waals surface area contributed by atoms with Gasteiger partial charge in [0.15, 0.2) is 0 Å². The maximum absolute atomic E-state index is 12.5. The molecule has 0 radical (unpaired) electrons. The van der Waals surface area contributed by atoms with Crippen molar-refractivity contribution in [3.8, 4) is 0 Å². The standard InChI is InChI=1S/C7H3F9/c8-3-4(9,10)1-2-5(11,12)7(15,16)6(3,13)14/h1-3H. The molecule has 0 N–H and O–H groups in total. The minimum absolute atomic E-state index is 0.980. The van der Waals surface area contributed by atoms with Crippen LogP contribution in [0.5, 0.6) is 0 Å². The highest BCUT2D eigenvalue weighted by molar-refractivity contribution is 5.20. The lowest BCUT2D eigenvalue weighted by Gasteiger charge is -2.32. The molecule has 94 valence electrons. The molecule has 0 aromatic rings. The molecule has 0 saturated carbocycles. The van der Waals surface area contributed by atoms with E-state index in [4.69, 9.17) is 0 Å². The van der Waals surface area contributed by atoms with Gasteiger partial charge in [-0.3, -0.25) is 0 Å². The summed E-state index contributed by atoms with van der Waals surface area (Å²) < 4.78 is 112. The first-order valence-electron chi connectivity index (χ1n) is 3.72. The number of halogens is 9. The lowest BCUT2D eigenvalue weighted by atomic mass is 10.0. The molecule has 1 unspecified atom stereocenters. The topological polar surface area (TPSA) is 0 Å². The lowest BCUT2D eigenvalue weighted by Crippen LogP contribution is -2.59. The summed E-state index contributed by atoms with van der Waals surface area (Å²) in [7, 11) is 0. The molecule has 0 nitrogen and oxygen atoms in total. The fraction of sp³-hybridized carbons (Fsp3) is 0.714. The maximum Gasteiger partial charge on any atom is 0.378 e. The second-order valence-corrected chi connectivity index (χ2v) is 3.19. The number of hydrogen-bond donors (Lipinski definition) is 0. The second kappa shape index (κ2) is 3.07. The molecule has 0 saturated heterocycles. The smallest absolute Gasteiger partial charge is 0.233 e. The van der Waals surface area contributed by atoms with Crippen molar-refractivity contribution in [2.24, 2.45) is 0 Å². The summed E-state index contributed by atoms with van der Waals surface area (Å²) in [6.45, 7) is 0. The Kier molecular flexibility index (Phi) is 2.53. The van der Waals surface area contributed by atoms with Gasteiger partial charge in [-0.2, -0.15) is 35.1 Å². The van der Waals surface area contributed by atoms with E-state index in [9.17, 15) is 39.5 Å².